The molecule has 0 heterocycles. The number of ether oxygens (including phenoxy) is 1. The lowest BCUT2D eigenvalue weighted by molar-refractivity contribution is -0.139. The molecule has 3 aromatic rings. The van der Waals surface area contributed by atoms with Crippen LogP contribution in [0.2, 0.25) is 0 Å². The van der Waals surface area contributed by atoms with Crippen LogP contribution in [-0.4, -0.2) is 42.4 Å². The topological polar surface area (TPSA) is 78.9 Å². The van der Waals surface area contributed by atoms with Gasteiger partial charge in [-0.25, -0.2) is 9.59 Å². The lowest BCUT2D eigenvalue weighted by Crippen LogP contribution is -2.44. The third-order valence-electron chi connectivity index (χ3n) is 6.30. The van der Waals surface area contributed by atoms with E-state index in [-0.39, 0.29) is 25.0 Å². The minimum atomic E-state index is -1.08. The maximum Gasteiger partial charge on any atom is 0.407 e. The van der Waals surface area contributed by atoms with E-state index in [1.165, 1.54) is 0 Å². The fourth-order valence-corrected chi connectivity index (χ4v) is 4.61. The molecule has 1 aliphatic carbocycles. The van der Waals surface area contributed by atoms with Crippen LogP contribution in [0.4, 0.5) is 10.5 Å². The van der Waals surface area contributed by atoms with Gasteiger partial charge in [-0.1, -0.05) is 66.7 Å². The molecule has 1 atom stereocenters. The number of carboxylic acid groups (broad SMARTS) is 1. The van der Waals surface area contributed by atoms with Crippen LogP contribution in [0.1, 0.15) is 37.3 Å². The number of carbonyl (C=O) groups is 2. The van der Waals surface area contributed by atoms with Gasteiger partial charge in [0.1, 0.15) is 12.6 Å². The number of para-hydroxylation sites is 1. The number of nitrogens with zero attached hydrogens (tertiary/aromatic N) is 1. The van der Waals surface area contributed by atoms with E-state index in [1.807, 2.05) is 66.7 Å². The molecule has 0 saturated carbocycles. The molecule has 1 amide bonds. The summed E-state index contributed by atoms with van der Waals surface area (Å²) >= 11 is 0. The Bertz CT molecular complexity index is 1100. The molecule has 0 spiro atoms. The molecule has 0 saturated heterocycles. The summed E-state index contributed by atoms with van der Waals surface area (Å²) < 4.78 is 5.53. The van der Waals surface area contributed by atoms with Crippen molar-refractivity contribution < 1.29 is 19.4 Å². The third-order valence-corrected chi connectivity index (χ3v) is 6.30. The molecule has 4 rings (SSSR count). The Morgan fingerprint density at radius 3 is 2.03 bits per heavy atom. The van der Waals surface area contributed by atoms with Crippen LogP contribution >= 0.6 is 0 Å². The number of carboxylic acids is 1. The number of anilines is 1. The van der Waals surface area contributed by atoms with Crippen molar-refractivity contribution in [3.8, 4) is 11.1 Å². The summed E-state index contributed by atoms with van der Waals surface area (Å²) in [6.07, 6.45) is -0.461. The SMILES string of the molecule is CC(C)N(CC[C@H](NC(=O)OCC1c2ccccc2-c2ccccc21)C(=O)O)c1ccccc1. The van der Waals surface area contributed by atoms with Crippen LogP contribution in [-0.2, 0) is 9.53 Å². The van der Waals surface area contributed by atoms with Crippen molar-refractivity contribution in [1.82, 2.24) is 5.32 Å². The van der Waals surface area contributed by atoms with E-state index >= 15 is 0 Å². The molecule has 34 heavy (non-hydrogen) atoms. The van der Waals surface area contributed by atoms with Crippen LogP contribution < -0.4 is 10.2 Å². The Morgan fingerprint density at radius 1 is 0.912 bits per heavy atom. The highest BCUT2D eigenvalue weighted by atomic mass is 16.5. The van der Waals surface area contributed by atoms with Gasteiger partial charge < -0.3 is 20.1 Å². The van der Waals surface area contributed by atoms with Gasteiger partial charge in [-0.15, -0.1) is 0 Å². The zero-order chi connectivity index (χ0) is 24.1. The zero-order valence-corrected chi connectivity index (χ0v) is 19.5. The van der Waals surface area contributed by atoms with Crippen molar-refractivity contribution in [1.29, 1.82) is 0 Å². The predicted molar refractivity (Wildman–Crippen MR) is 133 cm³/mol. The largest absolute Gasteiger partial charge is 0.480 e. The smallest absolute Gasteiger partial charge is 0.407 e. The summed E-state index contributed by atoms with van der Waals surface area (Å²) in [7, 11) is 0. The lowest BCUT2D eigenvalue weighted by Gasteiger charge is -2.30. The maximum absolute atomic E-state index is 12.6. The molecule has 0 aromatic heterocycles. The average molecular weight is 459 g/mol. The van der Waals surface area contributed by atoms with E-state index in [2.05, 4.69) is 36.2 Å². The first-order chi connectivity index (χ1) is 16.5. The van der Waals surface area contributed by atoms with Crippen molar-refractivity contribution in [2.24, 2.45) is 0 Å². The maximum atomic E-state index is 12.6. The van der Waals surface area contributed by atoms with Gasteiger partial charge >= 0.3 is 12.1 Å². The van der Waals surface area contributed by atoms with Gasteiger partial charge in [0.05, 0.1) is 0 Å². The van der Waals surface area contributed by atoms with Crippen LogP contribution in [0.15, 0.2) is 78.9 Å². The summed E-state index contributed by atoms with van der Waals surface area (Å²) in [6, 6.07) is 25.2. The first kappa shape index (κ1) is 23.4. The van der Waals surface area contributed by atoms with Gasteiger partial charge in [-0.3, -0.25) is 0 Å². The number of amides is 1. The minimum Gasteiger partial charge on any atom is -0.480 e. The highest BCUT2D eigenvalue weighted by molar-refractivity contribution is 5.81. The lowest BCUT2D eigenvalue weighted by atomic mass is 9.98. The standard InChI is InChI=1S/C28H30N2O4/c1-19(2)30(20-10-4-3-5-11-20)17-16-26(27(31)32)29-28(33)34-18-25-23-14-8-6-12-21(23)22-13-7-9-15-24(22)25/h3-15,19,25-26H,16-18H2,1-2H3,(H,29,33)(H,31,32)/t26-/m0/s1. The van der Waals surface area contributed by atoms with E-state index in [9.17, 15) is 14.7 Å². The highest BCUT2D eigenvalue weighted by Gasteiger charge is 2.30. The number of hydrogen-bond donors (Lipinski definition) is 2. The van der Waals surface area contributed by atoms with Crippen molar-refractivity contribution in [2.45, 2.75) is 38.3 Å². The number of alkyl carbamates (subject to hydrolysis) is 1. The summed E-state index contributed by atoms with van der Waals surface area (Å²) in [4.78, 5) is 26.6. The Hall–Kier alpha value is -3.80. The van der Waals surface area contributed by atoms with Gasteiger partial charge in [0.25, 0.3) is 0 Å². The molecule has 0 unspecified atom stereocenters. The van der Waals surface area contributed by atoms with Crippen LogP contribution in [0.3, 0.4) is 0 Å². The number of rotatable bonds is 9. The molecule has 3 aromatic carbocycles. The Labute approximate surface area is 200 Å². The van der Waals surface area contributed by atoms with E-state index in [0.717, 1.165) is 27.9 Å². The van der Waals surface area contributed by atoms with E-state index in [0.29, 0.717) is 6.54 Å². The first-order valence-electron chi connectivity index (χ1n) is 11.6. The summed E-state index contributed by atoms with van der Waals surface area (Å²) in [5, 5.41) is 12.2. The molecular formula is C28H30N2O4. The second-order valence-electron chi connectivity index (χ2n) is 8.77. The molecule has 0 radical (unpaired) electrons. The Balaban J connectivity index is 1.38. The minimum absolute atomic E-state index is 0.0732. The number of fused-ring (bicyclic) bond motifs is 3. The monoisotopic (exact) mass is 458 g/mol. The Morgan fingerprint density at radius 2 is 1.47 bits per heavy atom. The third kappa shape index (κ3) is 5.06. The van der Waals surface area contributed by atoms with Gasteiger partial charge in [0, 0.05) is 24.2 Å². The van der Waals surface area contributed by atoms with Crippen LogP contribution in [0.5, 0.6) is 0 Å². The fraction of sp³-hybridized carbons (Fsp3) is 0.286. The number of nitrogens with one attached hydrogen (secondary N) is 1. The van der Waals surface area contributed by atoms with E-state index < -0.39 is 18.1 Å². The summed E-state index contributed by atoms with van der Waals surface area (Å²) in [5.74, 6) is -1.15. The summed E-state index contributed by atoms with van der Waals surface area (Å²) in [5.41, 5.74) is 5.53. The second kappa shape index (κ2) is 10.4. The Kier molecular flexibility index (Phi) is 7.16. The van der Waals surface area contributed by atoms with Gasteiger partial charge in [0.15, 0.2) is 0 Å². The van der Waals surface area contributed by atoms with Crippen molar-refractivity contribution >= 4 is 17.7 Å². The molecule has 1 aliphatic rings. The number of aliphatic carboxylic acids is 1. The van der Waals surface area contributed by atoms with Crippen molar-refractivity contribution in [3.05, 3.63) is 90.0 Å². The molecular weight excluding hydrogens is 428 g/mol. The molecule has 2 N–H and O–H groups in total. The first-order valence-corrected chi connectivity index (χ1v) is 11.6. The van der Waals surface area contributed by atoms with Gasteiger partial charge in [0.2, 0.25) is 0 Å². The number of carbonyl (C=O) groups excluding carboxylic acids is 1. The fourth-order valence-electron chi connectivity index (χ4n) is 4.61. The molecule has 6 heteroatoms. The predicted octanol–water partition coefficient (Wildman–Crippen LogP) is 5.28. The molecule has 6 nitrogen and oxygen atoms in total. The van der Waals surface area contributed by atoms with Crippen LogP contribution in [0.25, 0.3) is 11.1 Å². The normalized spacial score (nSPS) is 13.1. The van der Waals surface area contributed by atoms with Gasteiger partial charge in [-0.2, -0.15) is 0 Å². The summed E-state index contributed by atoms with van der Waals surface area (Å²) in [6.45, 7) is 4.75. The quantitative estimate of drug-likeness (QED) is 0.456. The molecule has 0 aliphatic heterocycles. The van der Waals surface area contributed by atoms with E-state index in [4.69, 9.17) is 4.74 Å². The van der Waals surface area contributed by atoms with E-state index in [1.54, 1.807) is 0 Å². The van der Waals surface area contributed by atoms with Gasteiger partial charge in [-0.05, 0) is 54.7 Å². The van der Waals surface area contributed by atoms with Crippen molar-refractivity contribution in [3.63, 3.8) is 0 Å². The molecule has 0 bridgehead atoms. The van der Waals surface area contributed by atoms with Crippen molar-refractivity contribution in [2.75, 3.05) is 18.1 Å². The number of benzene rings is 3. The number of hydrogen-bond acceptors (Lipinski definition) is 4. The zero-order valence-electron chi connectivity index (χ0n) is 19.5. The highest BCUT2D eigenvalue weighted by Crippen LogP contribution is 2.44. The molecule has 176 valence electrons. The average Bonchev–Trinajstić information content (AvgIpc) is 3.16. The second-order valence-corrected chi connectivity index (χ2v) is 8.77. The molecule has 0 fully saturated rings. The van der Waals surface area contributed by atoms with Crippen LogP contribution in [0, 0.1) is 0 Å².